The second kappa shape index (κ2) is 5.28. The van der Waals surface area contributed by atoms with Crippen LogP contribution in [0.5, 0.6) is 0 Å². The van der Waals surface area contributed by atoms with Crippen LogP contribution >= 0.6 is 0 Å². The predicted molar refractivity (Wildman–Crippen MR) is 55.5 cm³/mol. The molecule has 0 nitrogen and oxygen atoms in total. The van der Waals surface area contributed by atoms with Gasteiger partial charge in [-0.1, -0.05) is 0 Å². The van der Waals surface area contributed by atoms with Crippen molar-refractivity contribution in [3.05, 3.63) is 40.2 Å². The zero-order chi connectivity index (χ0) is 11.3. The molecule has 0 aliphatic carbocycles. The first-order chi connectivity index (χ1) is 6.97. The van der Waals surface area contributed by atoms with Gasteiger partial charge in [-0.25, -0.2) is 0 Å². The van der Waals surface area contributed by atoms with Gasteiger partial charge in [0.15, 0.2) is 0 Å². The average Bonchev–Trinajstić information content (AvgIpc) is 2.16. The first kappa shape index (κ1) is 12.2. The molecule has 0 saturated carbocycles. The van der Waals surface area contributed by atoms with Crippen molar-refractivity contribution in [1.82, 2.24) is 0 Å². The van der Waals surface area contributed by atoms with Crippen molar-refractivity contribution in [2.45, 2.75) is 0 Å². The number of rotatable bonds is 0. The second-order valence-corrected chi connectivity index (χ2v) is 4.32. The molecule has 0 unspecified atom stereocenters. The Kier molecular flexibility index (Phi) is 4.30. The molecule has 2 rings (SSSR count). The Bertz CT molecular complexity index is 358. The van der Waals surface area contributed by atoms with Gasteiger partial charge in [0.05, 0.1) is 0 Å². The summed E-state index contributed by atoms with van der Waals surface area (Å²) >= 11 is 0.592. The standard InChI is InChI=1S/C9H7Se.BF4/c1-2-4-9-7-10-6-5-8(9)3-1;2-1(3,4)5/h1-7H;/q+1;-1. The quantitative estimate of drug-likeness (QED) is 0.512. The van der Waals surface area contributed by atoms with Gasteiger partial charge in [0.25, 0.3) is 0 Å². The van der Waals surface area contributed by atoms with Crippen LogP contribution in [0.1, 0.15) is 0 Å². The van der Waals surface area contributed by atoms with Gasteiger partial charge in [-0.15, -0.1) is 0 Å². The van der Waals surface area contributed by atoms with Crippen molar-refractivity contribution in [3.8, 4) is 0 Å². The fourth-order valence-corrected chi connectivity index (χ4v) is 2.39. The van der Waals surface area contributed by atoms with Crippen molar-refractivity contribution < 1.29 is 17.3 Å². The molecule has 0 N–H and O–H groups in total. The molecule has 15 heavy (non-hydrogen) atoms. The molecule has 0 fully saturated rings. The zero-order valence-electron chi connectivity index (χ0n) is 7.54. The van der Waals surface area contributed by atoms with Crippen LogP contribution < -0.4 is 0 Å². The normalized spacial score (nSPS) is 10.7. The van der Waals surface area contributed by atoms with Gasteiger partial charge in [0.1, 0.15) is 0 Å². The molecule has 0 aliphatic rings. The van der Waals surface area contributed by atoms with Crippen LogP contribution in [0.4, 0.5) is 17.3 Å². The van der Waals surface area contributed by atoms with E-state index >= 15 is 0 Å². The first-order valence-corrected chi connectivity index (χ1v) is 6.06. The summed E-state index contributed by atoms with van der Waals surface area (Å²) in [5, 5.41) is 2.75. The van der Waals surface area contributed by atoms with E-state index in [0.29, 0.717) is 14.5 Å². The zero-order valence-corrected chi connectivity index (χ0v) is 9.25. The molecular weight excluding hydrogens is 274 g/mol. The van der Waals surface area contributed by atoms with Gasteiger partial charge in [0, 0.05) is 0 Å². The molecule has 0 radical (unpaired) electrons. The molecule has 6 heteroatoms. The van der Waals surface area contributed by atoms with Crippen molar-refractivity contribution >= 4 is 32.5 Å². The summed E-state index contributed by atoms with van der Waals surface area (Å²) in [6.07, 6.45) is 0. The van der Waals surface area contributed by atoms with E-state index in [4.69, 9.17) is 0 Å². The number of halogens is 4. The van der Waals surface area contributed by atoms with E-state index in [-0.39, 0.29) is 0 Å². The van der Waals surface area contributed by atoms with Crippen LogP contribution in [0.2, 0.25) is 0 Å². The predicted octanol–water partition coefficient (Wildman–Crippen LogP) is 3.48. The van der Waals surface area contributed by atoms with E-state index in [1.165, 1.54) is 10.8 Å². The van der Waals surface area contributed by atoms with Gasteiger partial charge in [-0.2, -0.15) is 0 Å². The third-order valence-corrected chi connectivity index (χ3v) is 2.95. The Morgan fingerprint density at radius 3 is 1.93 bits per heavy atom. The summed E-state index contributed by atoms with van der Waals surface area (Å²) in [6.45, 7) is 0. The minimum atomic E-state index is -6.00. The van der Waals surface area contributed by atoms with Gasteiger partial charge >= 0.3 is 72.7 Å². The SMILES string of the molecule is F[B-](F)(F)F.c1ccc2c[se+]ccc2c1. The Balaban J connectivity index is 0.000000195. The van der Waals surface area contributed by atoms with Crippen molar-refractivity contribution in [2.24, 2.45) is 0 Å². The summed E-state index contributed by atoms with van der Waals surface area (Å²) in [7, 11) is -6.00. The van der Waals surface area contributed by atoms with E-state index in [9.17, 15) is 17.3 Å². The van der Waals surface area contributed by atoms with E-state index in [0.717, 1.165) is 0 Å². The Morgan fingerprint density at radius 1 is 0.867 bits per heavy atom. The number of fused-ring (bicyclic) bond motifs is 1. The van der Waals surface area contributed by atoms with E-state index in [2.05, 4.69) is 40.2 Å². The van der Waals surface area contributed by atoms with Gasteiger partial charge in [-0.05, 0) is 0 Å². The summed E-state index contributed by atoms with van der Waals surface area (Å²) in [5.74, 6) is 0. The molecule has 0 amide bonds. The summed E-state index contributed by atoms with van der Waals surface area (Å²) in [4.78, 5) is 4.55. The molecule has 1 aromatic heterocycles. The summed E-state index contributed by atoms with van der Waals surface area (Å²) < 4.78 is 39.0. The molecule has 2 aromatic rings. The molecule has 0 atom stereocenters. The average molecular weight is 281 g/mol. The maximum absolute atomic E-state index is 9.75. The van der Waals surface area contributed by atoms with Crippen LogP contribution in [0.25, 0.3) is 10.8 Å². The third-order valence-electron chi connectivity index (χ3n) is 1.52. The maximum atomic E-state index is 9.75. The number of hydrogen-bond donors (Lipinski definition) is 0. The number of hydrogen-bond acceptors (Lipinski definition) is 0. The van der Waals surface area contributed by atoms with Gasteiger partial charge in [0.2, 0.25) is 0 Å². The topological polar surface area (TPSA) is 0 Å². The van der Waals surface area contributed by atoms with Crippen molar-refractivity contribution in [2.75, 3.05) is 0 Å². The molecule has 0 saturated heterocycles. The molecule has 0 aliphatic heterocycles. The van der Waals surface area contributed by atoms with Crippen LogP contribution in [-0.4, -0.2) is 21.8 Å². The van der Waals surface area contributed by atoms with Crippen molar-refractivity contribution in [3.63, 3.8) is 0 Å². The minimum absolute atomic E-state index is 0.592. The third kappa shape index (κ3) is 5.55. The first-order valence-electron chi connectivity index (χ1n) is 4.08. The molecule has 0 bridgehead atoms. The van der Waals surface area contributed by atoms with Gasteiger partial charge in [-0.3, -0.25) is 0 Å². The molecule has 1 heterocycles. The van der Waals surface area contributed by atoms with E-state index in [1.54, 1.807) is 0 Å². The fourth-order valence-electron chi connectivity index (χ4n) is 0.995. The molecule has 0 spiro atoms. The van der Waals surface area contributed by atoms with Crippen LogP contribution in [-0.2, 0) is 0 Å². The molecule has 80 valence electrons. The number of benzene rings is 1. The van der Waals surface area contributed by atoms with Crippen molar-refractivity contribution in [1.29, 1.82) is 0 Å². The van der Waals surface area contributed by atoms with Gasteiger partial charge < -0.3 is 17.3 Å². The fraction of sp³-hybridized carbons (Fsp3) is 0. The van der Waals surface area contributed by atoms with Crippen LogP contribution in [0.3, 0.4) is 0 Å². The van der Waals surface area contributed by atoms with E-state index in [1.807, 2.05) is 0 Å². The van der Waals surface area contributed by atoms with Crippen LogP contribution in [0, 0.1) is 0 Å². The Labute approximate surface area is 90.4 Å². The summed E-state index contributed by atoms with van der Waals surface area (Å²) in [5.41, 5.74) is 0. The second-order valence-electron chi connectivity index (χ2n) is 2.68. The monoisotopic (exact) mass is 282 g/mol. The Morgan fingerprint density at radius 2 is 1.40 bits per heavy atom. The molecule has 1 aromatic carbocycles. The Hall–Kier alpha value is -0.866. The molecular formula is C9H7BF4Se. The summed E-state index contributed by atoms with van der Waals surface area (Å²) in [6, 6.07) is 10.7. The van der Waals surface area contributed by atoms with Crippen LogP contribution in [0.15, 0.2) is 40.2 Å². The van der Waals surface area contributed by atoms with E-state index < -0.39 is 7.25 Å².